The lowest BCUT2D eigenvalue weighted by atomic mass is 10.1. The molecule has 1 aromatic heterocycles. The quantitative estimate of drug-likeness (QED) is 0.454. The van der Waals surface area contributed by atoms with Gasteiger partial charge < -0.3 is 15.0 Å². The zero-order valence-electron chi connectivity index (χ0n) is 17.5. The third-order valence-corrected chi connectivity index (χ3v) is 6.14. The molecule has 5 rings (SSSR count). The number of pyridine rings is 1. The zero-order chi connectivity index (χ0) is 22.1. The molecule has 0 atom stereocenters. The molecule has 8 heteroatoms. The standard InChI is InChI=1S/C24H23ClN4O3/c25-16-5-6-17-19(7-9-27-20(17)15-16)26-8-2-10-29-23(30)18-3-1-4-21(22(18)24(29)31)28-11-13-32-14-12-28/h1,3-7,9,15H,2,8,10-14H2,(H,26,27). The van der Waals surface area contributed by atoms with Crippen molar-refractivity contribution in [3.8, 4) is 0 Å². The van der Waals surface area contributed by atoms with Crippen molar-refractivity contribution in [2.45, 2.75) is 6.42 Å². The minimum absolute atomic E-state index is 0.212. The van der Waals surface area contributed by atoms with E-state index in [1.165, 1.54) is 4.90 Å². The SMILES string of the molecule is O=C1c2cccc(N3CCOCC3)c2C(=O)N1CCCNc1ccnc2cc(Cl)ccc12. The van der Waals surface area contributed by atoms with Crippen molar-refractivity contribution in [1.82, 2.24) is 9.88 Å². The number of ether oxygens (including phenoxy) is 1. The Morgan fingerprint density at radius 3 is 2.75 bits per heavy atom. The molecule has 0 spiro atoms. The number of benzene rings is 2. The van der Waals surface area contributed by atoms with E-state index in [9.17, 15) is 9.59 Å². The van der Waals surface area contributed by atoms with E-state index in [0.29, 0.717) is 62.0 Å². The lowest BCUT2D eigenvalue weighted by Gasteiger charge is -2.30. The molecule has 32 heavy (non-hydrogen) atoms. The maximum absolute atomic E-state index is 13.1. The molecule has 0 aliphatic carbocycles. The molecule has 0 saturated carbocycles. The Morgan fingerprint density at radius 2 is 1.91 bits per heavy atom. The second kappa shape index (κ2) is 8.76. The largest absolute Gasteiger partial charge is 0.384 e. The van der Waals surface area contributed by atoms with Crippen LogP contribution in [0.1, 0.15) is 27.1 Å². The van der Waals surface area contributed by atoms with Crippen molar-refractivity contribution < 1.29 is 14.3 Å². The third-order valence-electron chi connectivity index (χ3n) is 5.91. The summed E-state index contributed by atoms with van der Waals surface area (Å²) in [5.41, 5.74) is 3.60. The highest BCUT2D eigenvalue weighted by Crippen LogP contribution is 2.32. The molecule has 2 aliphatic rings. The molecule has 164 valence electrons. The van der Waals surface area contributed by atoms with Crippen LogP contribution in [-0.4, -0.2) is 61.1 Å². The van der Waals surface area contributed by atoms with Crippen LogP contribution in [0.4, 0.5) is 11.4 Å². The summed E-state index contributed by atoms with van der Waals surface area (Å²) in [6.07, 6.45) is 2.37. The lowest BCUT2D eigenvalue weighted by Crippen LogP contribution is -2.37. The number of nitrogens with one attached hydrogen (secondary N) is 1. The Kier molecular flexibility index (Phi) is 5.68. The van der Waals surface area contributed by atoms with Gasteiger partial charge in [0, 0.05) is 48.5 Å². The van der Waals surface area contributed by atoms with Gasteiger partial charge in [0.2, 0.25) is 0 Å². The van der Waals surface area contributed by atoms with Gasteiger partial charge in [0.25, 0.3) is 11.8 Å². The molecule has 7 nitrogen and oxygen atoms in total. The Labute approximate surface area is 190 Å². The Morgan fingerprint density at radius 1 is 1.06 bits per heavy atom. The number of halogens is 1. The highest BCUT2D eigenvalue weighted by molar-refractivity contribution is 6.31. The summed E-state index contributed by atoms with van der Waals surface area (Å²) >= 11 is 6.06. The van der Waals surface area contributed by atoms with Crippen LogP contribution in [0.3, 0.4) is 0 Å². The van der Waals surface area contributed by atoms with Crippen LogP contribution in [0.2, 0.25) is 5.02 Å². The van der Waals surface area contributed by atoms with E-state index in [-0.39, 0.29) is 11.8 Å². The summed E-state index contributed by atoms with van der Waals surface area (Å²) in [5, 5.41) is 5.01. The van der Waals surface area contributed by atoms with Crippen molar-refractivity contribution in [2.75, 3.05) is 49.6 Å². The first-order valence-electron chi connectivity index (χ1n) is 10.7. The van der Waals surface area contributed by atoms with Crippen LogP contribution in [-0.2, 0) is 4.74 Å². The summed E-state index contributed by atoms with van der Waals surface area (Å²) < 4.78 is 5.42. The monoisotopic (exact) mass is 450 g/mol. The fourth-order valence-corrected chi connectivity index (χ4v) is 4.49. The number of hydrogen-bond acceptors (Lipinski definition) is 6. The molecular weight excluding hydrogens is 428 g/mol. The van der Waals surface area contributed by atoms with Crippen molar-refractivity contribution in [1.29, 1.82) is 0 Å². The zero-order valence-corrected chi connectivity index (χ0v) is 18.3. The van der Waals surface area contributed by atoms with Gasteiger partial charge in [-0.2, -0.15) is 0 Å². The summed E-state index contributed by atoms with van der Waals surface area (Å²) in [6.45, 7) is 3.65. The maximum Gasteiger partial charge on any atom is 0.263 e. The first-order chi connectivity index (χ1) is 15.6. The van der Waals surface area contributed by atoms with Crippen LogP contribution in [0.5, 0.6) is 0 Å². The molecule has 2 amide bonds. The number of imide groups is 1. The number of carbonyl (C=O) groups is 2. The van der Waals surface area contributed by atoms with Crippen molar-refractivity contribution in [3.63, 3.8) is 0 Å². The number of hydrogen-bond donors (Lipinski definition) is 1. The number of rotatable bonds is 6. The van der Waals surface area contributed by atoms with E-state index in [4.69, 9.17) is 16.3 Å². The van der Waals surface area contributed by atoms with E-state index < -0.39 is 0 Å². The maximum atomic E-state index is 13.1. The smallest absolute Gasteiger partial charge is 0.263 e. The number of aromatic nitrogens is 1. The molecule has 1 fully saturated rings. The summed E-state index contributed by atoms with van der Waals surface area (Å²) in [4.78, 5) is 33.9. The summed E-state index contributed by atoms with van der Waals surface area (Å²) in [5.74, 6) is -0.430. The minimum Gasteiger partial charge on any atom is -0.384 e. The molecule has 1 saturated heterocycles. The van der Waals surface area contributed by atoms with E-state index in [0.717, 1.165) is 22.3 Å². The predicted molar refractivity (Wildman–Crippen MR) is 125 cm³/mol. The number of carbonyl (C=O) groups excluding carboxylic acids is 2. The van der Waals surface area contributed by atoms with Gasteiger partial charge in [0.1, 0.15) is 0 Å². The van der Waals surface area contributed by atoms with Crippen LogP contribution in [0.15, 0.2) is 48.7 Å². The lowest BCUT2D eigenvalue weighted by molar-refractivity contribution is 0.0653. The van der Waals surface area contributed by atoms with Crippen molar-refractivity contribution >= 4 is 45.7 Å². The molecule has 3 aromatic rings. The molecule has 2 aromatic carbocycles. The van der Waals surface area contributed by atoms with Gasteiger partial charge in [-0.3, -0.25) is 19.5 Å². The Bertz CT molecular complexity index is 1190. The van der Waals surface area contributed by atoms with Crippen molar-refractivity contribution in [2.24, 2.45) is 0 Å². The molecule has 0 radical (unpaired) electrons. The van der Waals surface area contributed by atoms with Gasteiger partial charge in [-0.15, -0.1) is 0 Å². The average molecular weight is 451 g/mol. The number of fused-ring (bicyclic) bond motifs is 2. The first kappa shape index (κ1) is 20.7. The van der Waals surface area contributed by atoms with E-state index in [1.54, 1.807) is 12.3 Å². The van der Waals surface area contributed by atoms with Crippen LogP contribution >= 0.6 is 11.6 Å². The molecule has 0 unspecified atom stereocenters. The number of amides is 2. The molecule has 1 N–H and O–H groups in total. The summed E-state index contributed by atoms with van der Waals surface area (Å²) in [6, 6.07) is 13.0. The number of nitrogens with zero attached hydrogens (tertiary/aromatic N) is 3. The molecular formula is C24H23ClN4O3. The molecule has 0 bridgehead atoms. The highest BCUT2D eigenvalue weighted by atomic mass is 35.5. The highest BCUT2D eigenvalue weighted by Gasteiger charge is 2.38. The molecule has 3 heterocycles. The van der Waals surface area contributed by atoms with E-state index in [2.05, 4.69) is 15.2 Å². The Hall–Kier alpha value is -3.16. The van der Waals surface area contributed by atoms with Crippen LogP contribution in [0.25, 0.3) is 10.9 Å². The van der Waals surface area contributed by atoms with Crippen molar-refractivity contribution in [3.05, 3.63) is 64.8 Å². The van der Waals surface area contributed by atoms with Gasteiger partial charge in [0.15, 0.2) is 0 Å². The predicted octanol–water partition coefficient (Wildman–Crippen LogP) is 3.82. The normalized spacial score (nSPS) is 16.0. The Balaban J connectivity index is 1.26. The van der Waals surface area contributed by atoms with Gasteiger partial charge in [-0.1, -0.05) is 17.7 Å². The fraction of sp³-hybridized carbons (Fsp3) is 0.292. The molecule has 2 aliphatic heterocycles. The minimum atomic E-state index is -0.218. The number of morpholine rings is 1. The summed E-state index contributed by atoms with van der Waals surface area (Å²) in [7, 11) is 0. The average Bonchev–Trinajstić information content (AvgIpc) is 3.07. The topological polar surface area (TPSA) is 74.8 Å². The first-order valence-corrected chi connectivity index (χ1v) is 11.1. The van der Waals surface area contributed by atoms with Gasteiger partial charge in [-0.25, -0.2) is 0 Å². The van der Waals surface area contributed by atoms with Gasteiger partial charge in [0.05, 0.1) is 35.5 Å². The van der Waals surface area contributed by atoms with Crippen LogP contribution in [0, 0.1) is 0 Å². The van der Waals surface area contributed by atoms with Gasteiger partial charge in [-0.05, 0) is 42.8 Å². The second-order valence-electron chi connectivity index (χ2n) is 7.86. The number of anilines is 2. The third kappa shape index (κ3) is 3.78. The van der Waals surface area contributed by atoms with Crippen LogP contribution < -0.4 is 10.2 Å². The second-order valence-corrected chi connectivity index (χ2v) is 8.30. The van der Waals surface area contributed by atoms with Gasteiger partial charge >= 0.3 is 0 Å². The van der Waals surface area contributed by atoms with E-state index >= 15 is 0 Å². The fourth-order valence-electron chi connectivity index (χ4n) is 4.32. The van der Waals surface area contributed by atoms with E-state index in [1.807, 2.05) is 36.4 Å².